The van der Waals surface area contributed by atoms with Crippen LogP contribution < -0.4 is 5.32 Å². The van der Waals surface area contributed by atoms with Crippen LogP contribution in [0.5, 0.6) is 0 Å². The minimum Gasteiger partial charge on any atom is -0.394 e. The molecule has 0 spiro atoms. The molecule has 3 saturated heterocycles. The minimum absolute atomic E-state index is 0.247. The monoisotopic (exact) mass is 1230 g/mol. The van der Waals surface area contributed by atoms with Crippen molar-refractivity contribution in [2.45, 2.75) is 356 Å². The minimum atomic E-state index is -1.97. The number of aliphatic hydroxyl groups excluding tert-OH is 11. The summed E-state index contributed by atoms with van der Waals surface area (Å²) in [6.45, 7) is 1.69. The van der Waals surface area contributed by atoms with Crippen LogP contribution in [-0.4, -0.2) is 193 Å². The summed E-state index contributed by atoms with van der Waals surface area (Å²) in [5.74, 6) is -0.258. The average molecular weight is 1230 g/mol. The van der Waals surface area contributed by atoms with E-state index in [4.69, 9.17) is 28.4 Å². The summed E-state index contributed by atoms with van der Waals surface area (Å²) in [4.78, 5) is 13.4. The molecule has 0 aromatic carbocycles. The van der Waals surface area contributed by atoms with Gasteiger partial charge in [0.25, 0.3) is 0 Å². The van der Waals surface area contributed by atoms with Crippen LogP contribution in [0.3, 0.4) is 0 Å². The maximum atomic E-state index is 13.4. The molecule has 0 saturated carbocycles. The van der Waals surface area contributed by atoms with Crippen molar-refractivity contribution in [2.75, 3.05) is 26.4 Å². The molecular formula is C67H123NO18. The Morgan fingerprint density at radius 3 is 1.26 bits per heavy atom. The first-order valence-electron chi connectivity index (χ1n) is 34.2. The SMILES string of the molecule is CC/C=C\C/C=C\C/C=C\CCCCCCCC(=O)NC(COC1OC(CO)C(OC2OC(CO)C(OC3OC(CO)C(O)C(O)C3O)C(O)C2O)C(O)C1O)C(O)CCCCCCCCCCCCCCCCCCCCCCCCCCCC. The number of amides is 1. The van der Waals surface area contributed by atoms with Crippen molar-refractivity contribution in [3.63, 3.8) is 0 Å². The van der Waals surface area contributed by atoms with E-state index in [9.17, 15) is 61.0 Å². The summed E-state index contributed by atoms with van der Waals surface area (Å²) < 4.78 is 34.4. The highest BCUT2D eigenvalue weighted by atomic mass is 16.8. The lowest BCUT2D eigenvalue weighted by molar-refractivity contribution is -0.379. The van der Waals surface area contributed by atoms with Crippen molar-refractivity contribution in [1.29, 1.82) is 0 Å². The molecule has 3 aliphatic rings. The second kappa shape index (κ2) is 49.7. The molecule has 1 amide bonds. The Kier molecular flexibility index (Phi) is 45.2. The lowest BCUT2D eigenvalue weighted by Crippen LogP contribution is -2.66. The highest BCUT2D eigenvalue weighted by Gasteiger charge is 2.53. The van der Waals surface area contributed by atoms with Gasteiger partial charge in [-0.15, -0.1) is 0 Å². The summed E-state index contributed by atoms with van der Waals surface area (Å²) in [5.41, 5.74) is 0. The number of allylic oxidation sites excluding steroid dienone is 6. The number of aliphatic hydroxyl groups is 11. The van der Waals surface area contributed by atoms with Gasteiger partial charge < -0.3 is 89.9 Å². The Balaban J connectivity index is 1.42. The van der Waals surface area contributed by atoms with Gasteiger partial charge >= 0.3 is 0 Å². The molecule has 3 fully saturated rings. The van der Waals surface area contributed by atoms with Gasteiger partial charge in [-0.25, -0.2) is 0 Å². The van der Waals surface area contributed by atoms with E-state index in [-0.39, 0.29) is 18.9 Å². The van der Waals surface area contributed by atoms with Crippen LogP contribution in [0.2, 0.25) is 0 Å². The van der Waals surface area contributed by atoms with Crippen LogP contribution in [-0.2, 0) is 33.2 Å². The van der Waals surface area contributed by atoms with Crippen molar-refractivity contribution < 1.29 is 89.4 Å². The number of unbranched alkanes of at least 4 members (excludes halogenated alkanes) is 30. The highest BCUT2D eigenvalue weighted by molar-refractivity contribution is 5.76. The second-order valence-electron chi connectivity index (χ2n) is 24.6. The van der Waals surface area contributed by atoms with Gasteiger partial charge in [0.15, 0.2) is 18.9 Å². The number of hydrogen-bond donors (Lipinski definition) is 12. The Bertz CT molecular complexity index is 1710. The molecule has 0 aromatic rings. The van der Waals surface area contributed by atoms with Crippen molar-refractivity contribution >= 4 is 5.91 Å². The van der Waals surface area contributed by atoms with Crippen molar-refractivity contribution in [1.82, 2.24) is 5.32 Å². The molecule has 3 rings (SSSR count). The predicted molar refractivity (Wildman–Crippen MR) is 333 cm³/mol. The van der Waals surface area contributed by atoms with E-state index in [0.29, 0.717) is 12.8 Å². The number of nitrogens with one attached hydrogen (secondary N) is 1. The van der Waals surface area contributed by atoms with Gasteiger partial charge in [0.2, 0.25) is 5.91 Å². The maximum Gasteiger partial charge on any atom is 0.220 e. The Hall–Kier alpha value is -1.99. The van der Waals surface area contributed by atoms with E-state index >= 15 is 0 Å². The maximum absolute atomic E-state index is 13.4. The Morgan fingerprint density at radius 2 is 0.802 bits per heavy atom. The van der Waals surface area contributed by atoms with Crippen LogP contribution in [0.1, 0.15) is 251 Å². The molecule has 3 aliphatic heterocycles. The molecule has 3 heterocycles. The van der Waals surface area contributed by atoms with E-state index in [1.165, 1.54) is 141 Å². The van der Waals surface area contributed by atoms with E-state index in [1.54, 1.807) is 0 Å². The number of carbonyl (C=O) groups is 1. The summed E-state index contributed by atoms with van der Waals surface area (Å²) in [7, 11) is 0. The summed E-state index contributed by atoms with van der Waals surface area (Å²) in [5, 5.41) is 121. The lowest BCUT2D eigenvalue weighted by atomic mass is 9.96. The average Bonchev–Trinajstić information content (AvgIpc) is 2.24. The van der Waals surface area contributed by atoms with Gasteiger partial charge in [0, 0.05) is 6.42 Å². The van der Waals surface area contributed by atoms with E-state index in [2.05, 4.69) is 55.6 Å². The topological polar surface area (TPSA) is 307 Å². The van der Waals surface area contributed by atoms with Crippen LogP contribution >= 0.6 is 0 Å². The fourth-order valence-corrected chi connectivity index (χ4v) is 11.7. The summed E-state index contributed by atoms with van der Waals surface area (Å²) in [6, 6.07) is -0.897. The fourth-order valence-electron chi connectivity index (χ4n) is 11.7. The van der Waals surface area contributed by atoms with Crippen LogP contribution in [0.15, 0.2) is 36.5 Å². The normalized spacial score (nSPS) is 29.0. The molecular weight excluding hydrogens is 1110 g/mol. The van der Waals surface area contributed by atoms with Gasteiger partial charge in [-0.3, -0.25) is 4.79 Å². The molecule has 0 radical (unpaired) electrons. The first kappa shape index (κ1) is 78.3. The first-order chi connectivity index (χ1) is 41.8. The van der Waals surface area contributed by atoms with Gasteiger partial charge in [-0.2, -0.15) is 0 Å². The predicted octanol–water partition coefficient (Wildman–Crippen LogP) is 8.44. The van der Waals surface area contributed by atoms with Crippen molar-refractivity contribution in [3.05, 3.63) is 36.5 Å². The number of rotatable bonds is 52. The summed E-state index contributed by atoms with van der Waals surface area (Å²) in [6.07, 6.45) is 29.5. The zero-order valence-corrected chi connectivity index (χ0v) is 53.0. The highest BCUT2D eigenvalue weighted by Crippen LogP contribution is 2.33. The third kappa shape index (κ3) is 31.8. The Morgan fingerprint density at radius 1 is 0.430 bits per heavy atom. The van der Waals surface area contributed by atoms with E-state index in [1.807, 2.05) is 0 Å². The quantitative estimate of drug-likeness (QED) is 0.0201. The van der Waals surface area contributed by atoms with E-state index < -0.39 is 124 Å². The standard InChI is InChI=1S/C67H123NO18/c1-3-5-7-9-11-13-15-17-19-20-21-22-23-24-25-26-27-28-29-31-32-34-36-38-40-42-44-51(72)50(68-55(73)45-43-41-39-37-35-33-30-18-16-14-12-10-8-6-4-2)49-81-65-61(79)58(76)63(53(47-70)83-65)86-67-62(80)59(77)64(54(48-71)84-67)85-66-60(78)57(75)56(74)52(46-69)82-66/h6,8,12,14,18,30,50-54,56-67,69-72,74-80H,3-5,7,9-11,13,15-17,19-29,31-49H2,1-2H3,(H,68,73)/b8-6-,14-12-,30-18-. The molecule has 12 N–H and O–H groups in total. The fraction of sp³-hybridized carbons (Fsp3) is 0.896. The molecule has 86 heavy (non-hydrogen) atoms. The Labute approximate surface area is 517 Å². The van der Waals surface area contributed by atoms with E-state index in [0.717, 1.165) is 77.0 Å². The zero-order chi connectivity index (χ0) is 62.6. The van der Waals surface area contributed by atoms with Crippen molar-refractivity contribution in [2.24, 2.45) is 0 Å². The zero-order valence-electron chi connectivity index (χ0n) is 53.0. The van der Waals surface area contributed by atoms with Gasteiger partial charge in [-0.05, 0) is 44.9 Å². The molecule has 17 atom stereocenters. The molecule has 17 unspecified atom stereocenters. The largest absolute Gasteiger partial charge is 0.394 e. The van der Waals surface area contributed by atoms with Gasteiger partial charge in [0.05, 0.1) is 38.6 Å². The smallest absolute Gasteiger partial charge is 0.220 e. The summed E-state index contributed by atoms with van der Waals surface area (Å²) >= 11 is 0. The molecule has 0 bridgehead atoms. The third-order valence-electron chi connectivity index (χ3n) is 17.2. The molecule has 19 heteroatoms. The molecule has 0 aromatic heterocycles. The number of hydrogen-bond acceptors (Lipinski definition) is 18. The molecule has 504 valence electrons. The first-order valence-corrected chi connectivity index (χ1v) is 34.2. The van der Waals surface area contributed by atoms with Gasteiger partial charge in [0.1, 0.15) is 73.2 Å². The van der Waals surface area contributed by atoms with Crippen molar-refractivity contribution in [3.8, 4) is 0 Å². The van der Waals surface area contributed by atoms with Crippen LogP contribution in [0.25, 0.3) is 0 Å². The van der Waals surface area contributed by atoms with Crippen LogP contribution in [0.4, 0.5) is 0 Å². The molecule has 0 aliphatic carbocycles. The third-order valence-corrected chi connectivity index (χ3v) is 17.2. The second-order valence-corrected chi connectivity index (χ2v) is 24.6. The number of ether oxygens (including phenoxy) is 6. The number of carbonyl (C=O) groups excluding carboxylic acids is 1. The van der Waals surface area contributed by atoms with Crippen LogP contribution in [0, 0.1) is 0 Å². The molecule has 19 nitrogen and oxygen atoms in total. The van der Waals surface area contributed by atoms with Gasteiger partial charge in [-0.1, -0.05) is 237 Å². The lowest BCUT2D eigenvalue weighted by Gasteiger charge is -2.48.